The van der Waals surface area contributed by atoms with Crippen molar-refractivity contribution >= 4 is 27.5 Å². The number of rotatable bonds is 8. The molecule has 0 bridgehead atoms. The molecular formula is C18H25N2O5S+. The molecule has 4 N–H and O–H groups in total. The van der Waals surface area contributed by atoms with Gasteiger partial charge in [0.1, 0.15) is 6.54 Å². The van der Waals surface area contributed by atoms with Gasteiger partial charge >= 0.3 is 5.97 Å². The number of hydrogen-bond acceptors (Lipinski definition) is 4. The first kappa shape index (κ1) is 20.1. The average Bonchev–Trinajstić information content (AvgIpc) is 2.74. The highest BCUT2D eigenvalue weighted by atomic mass is 32.2. The van der Waals surface area contributed by atoms with Crippen molar-refractivity contribution in [3.8, 4) is 0 Å². The third kappa shape index (κ3) is 4.13. The van der Waals surface area contributed by atoms with Crippen LogP contribution in [0.1, 0.15) is 45.1 Å². The van der Waals surface area contributed by atoms with Crippen LogP contribution in [0.3, 0.4) is 0 Å². The normalized spacial score (nSPS) is 16.3. The lowest BCUT2D eigenvalue weighted by Crippen LogP contribution is -2.28. The van der Waals surface area contributed by atoms with Crippen molar-refractivity contribution in [2.45, 2.75) is 49.8 Å². The zero-order chi connectivity index (χ0) is 19.5. The van der Waals surface area contributed by atoms with Crippen LogP contribution in [0, 0.1) is 0 Å². The summed E-state index contributed by atoms with van der Waals surface area (Å²) in [5.41, 5.74) is 7.72. The number of fused-ring (bicyclic) bond motifs is 1. The SMILES string of the molecule is CC1(C)C(C=CN)=[N+](CCCCCC(=O)O)c2ccc(S(=O)(=O)O)cc21. The zero-order valence-electron chi connectivity index (χ0n) is 15.0. The van der Waals surface area contributed by atoms with Crippen molar-refractivity contribution in [1.82, 2.24) is 0 Å². The summed E-state index contributed by atoms with van der Waals surface area (Å²) in [6, 6.07) is 4.57. The molecule has 26 heavy (non-hydrogen) atoms. The second kappa shape index (κ2) is 7.59. The highest BCUT2D eigenvalue weighted by Crippen LogP contribution is 2.41. The Kier molecular flexibility index (Phi) is 5.87. The molecule has 0 unspecified atom stereocenters. The van der Waals surface area contributed by atoms with E-state index in [9.17, 15) is 17.8 Å². The summed E-state index contributed by atoms with van der Waals surface area (Å²) in [4.78, 5) is 10.5. The number of allylic oxidation sites excluding steroid dienone is 1. The minimum atomic E-state index is -4.28. The number of hydrogen-bond donors (Lipinski definition) is 3. The molecule has 0 saturated heterocycles. The van der Waals surface area contributed by atoms with E-state index >= 15 is 0 Å². The standard InChI is InChI=1S/C18H24N2O5S/c1-18(2)14-12-13(26(23,24)25)7-8-15(14)20(16(18)9-10-19)11-5-3-4-6-17(21)22/h7-10,12,19H,3-6,11H2,1-2H3,(H2,21,22,23,24,25)/p+1. The Labute approximate surface area is 153 Å². The molecule has 142 valence electrons. The van der Waals surface area contributed by atoms with Crippen LogP contribution in [0.15, 0.2) is 35.4 Å². The van der Waals surface area contributed by atoms with Gasteiger partial charge in [0.05, 0.1) is 10.3 Å². The Bertz CT molecular complexity index is 870. The quantitative estimate of drug-likeness (QED) is 0.361. The summed E-state index contributed by atoms with van der Waals surface area (Å²) in [7, 11) is -4.28. The summed E-state index contributed by atoms with van der Waals surface area (Å²) in [6.07, 6.45) is 5.59. The Hall–Kier alpha value is -2.19. The molecule has 0 aliphatic carbocycles. The van der Waals surface area contributed by atoms with Gasteiger partial charge in [-0.3, -0.25) is 9.35 Å². The van der Waals surface area contributed by atoms with Crippen molar-refractivity contribution in [3.63, 3.8) is 0 Å². The second-order valence-corrected chi connectivity index (χ2v) is 8.30. The highest BCUT2D eigenvalue weighted by Gasteiger charge is 2.44. The van der Waals surface area contributed by atoms with Crippen LogP contribution in [-0.4, -0.2) is 40.9 Å². The Morgan fingerprint density at radius 3 is 2.54 bits per heavy atom. The number of unbranched alkanes of at least 4 members (excludes halogenated alkanes) is 2. The van der Waals surface area contributed by atoms with Gasteiger partial charge in [-0.15, -0.1) is 0 Å². The van der Waals surface area contributed by atoms with Gasteiger partial charge in [-0.05, 0) is 38.8 Å². The van der Waals surface area contributed by atoms with E-state index in [1.807, 2.05) is 13.8 Å². The van der Waals surface area contributed by atoms with Gasteiger partial charge in [0, 0.05) is 36.7 Å². The van der Waals surface area contributed by atoms with Crippen LogP contribution in [0.2, 0.25) is 0 Å². The summed E-state index contributed by atoms with van der Waals surface area (Å²) >= 11 is 0. The molecule has 0 spiro atoms. The van der Waals surface area contributed by atoms with Crippen molar-refractivity contribution in [2.24, 2.45) is 5.73 Å². The van der Waals surface area contributed by atoms with Crippen molar-refractivity contribution < 1.29 is 27.4 Å². The fraction of sp³-hybridized carbons (Fsp3) is 0.444. The Morgan fingerprint density at radius 1 is 1.27 bits per heavy atom. The molecule has 0 fully saturated rings. The van der Waals surface area contributed by atoms with E-state index in [4.69, 9.17) is 10.8 Å². The van der Waals surface area contributed by atoms with Gasteiger partial charge in [0.15, 0.2) is 5.71 Å². The number of carboxylic acids is 1. The second-order valence-electron chi connectivity index (χ2n) is 6.88. The predicted octanol–water partition coefficient (Wildman–Crippen LogP) is 2.43. The zero-order valence-corrected chi connectivity index (χ0v) is 15.8. The molecule has 0 atom stereocenters. The summed E-state index contributed by atoms with van der Waals surface area (Å²) in [5.74, 6) is -0.797. The Morgan fingerprint density at radius 2 is 1.96 bits per heavy atom. The lowest BCUT2D eigenvalue weighted by atomic mass is 9.81. The molecule has 0 saturated carbocycles. The molecule has 1 aromatic rings. The lowest BCUT2D eigenvalue weighted by molar-refractivity contribution is -0.438. The van der Waals surface area contributed by atoms with Crippen molar-refractivity contribution in [2.75, 3.05) is 6.54 Å². The predicted molar refractivity (Wildman–Crippen MR) is 98.5 cm³/mol. The molecule has 0 amide bonds. The summed E-state index contributed by atoms with van der Waals surface area (Å²) in [5, 5.41) is 8.72. The topological polar surface area (TPSA) is 121 Å². The lowest BCUT2D eigenvalue weighted by Gasteiger charge is -2.15. The average molecular weight is 381 g/mol. The molecule has 1 aromatic carbocycles. The minimum Gasteiger partial charge on any atom is -0.481 e. The van der Waals surface area contributed by atoms with Gasteiger partial charge in [0.25, 0.3) is 10.1 Å². The monoisotopic (exact) mass is 381 g/mol. The van der Waals surface area contributed by atoms with Crippen LogP contribution < -0.4 is 5.73 Å². The van der Waals surface area contributed by atoms with Gasteiger partial charge in [-0.25, -0.2) is 0 Å². The van der Waals surface area contributed by atoms with Gasteiger partial charge in [-0.2, -0.15) is 13.0 Å². The number of carboxylic acid groups (broad SMARTS) is 1. The van der Waals surface area contributed by atoms with Crippen LogP contribution >= 0.6 is 0 Å². The van der Waals surface area contributed by atoms with Crippen LogP contribution in [-0.2, 0) is 20.3 Å². The van der Waals surface area contributed by atoms with E-state index in [0.29, 0.717) is 13.0 Å². The van der Waals surface area contributed by atoms with Gasteiger partial charge in [0.2, 0.25) is 5.69 Å². The van der Waals surface area contributed by atoms with Crippen molar-refractivity contribution in [3.05, 3.63) is 36.0 Å². The molecule has 1 heterocycles. The molecule has 1 aliphatic heterocycles. The molecular weight excluding hydrogens is 356 g/mol. The van der Waals surface area contributed by atoms with E-state index in [0.717, 1.165) is 29.8 Å². The third-order valence-corrected chi connectivity index (χ3v) is 5.54. The minimum absolute atomic E-state index is 0.135. The first-order valence-electron chi connectivity index (χ1n) is 8.46. The Balaban J connectivity index is 2.35. The third-order valence-electron chi connectivity index (χ3n) is 4.69. The largest absolute Gasteiger partial charge is 0.481 e. The van der Waals surface area contributed by atoms with Gasteiger partial charge in [-0.1, -0.05) is 0 Å². The number of benzene rings is 1. The van der Waals surface area contributed by atoms with E-state index in [1.165, 1.54) is 18.3 Å². The first-order chi connectivity index (χ1) is 12.1. The maximum atomic E-state index is 11.5. The maximum Gasteiger partial charge on any atom is 0.303 e. The summed E-state index contributed by atoms with van der Waals surface area (Å²) in [6.45, 7) is 4.61. The summed E-state index contributed by atoms with van der Waals surface area (Å²) < 4.78 is 34.4. The number of nitrogens with two attached hydrogens (primary N) is 1. The molecule has 0 radical (unpaired) electrons. The highest BCUT2D eigenvalue weighted by molar-refractivity contribution is 7.85. The fourth-order valence-electron chi connectivity index (χ4n) is 3.37. The van der Waals surface area contributed by atoms with E-state index < -0.39 is 21.5 Å². The number of carbonyl (C=O) groups is 1. The van der Waals surface area contributed by atoms with E-state index in [2.05, 4.69) is 4.58 Å². The molecule has 1 aliphatic rings. The van der Waals surface area contributed by atoms with E-state index in [-0.39, 0.29) is 11.3 Å². The molecule has 8 heteroatoms. The van der Waals surface area contributed by atoms with Crippen LogP contribution in [0.25, 0.3) is 0 Å². The van der Waals surface area contributed by atoms with E-state index in [1.54, 1.807) is 12.1 Å². The fourth-order valence-corrected chi connectivity index (χ4v) is 3.88. The first-order valence-corrected chi connectivity index (χ1v) is 9.90. The van der Waals surface area contributed by atoms with Crippen LogP contribution in [0.5, 0.6) is 0 Å². The molecule has 7 nitrogen and oxygen atoms in total. The number of nitrogens with zero attached hydrogens (tertiary/aromatic N) is 1. The molecule has 0 aromatic heterocycles. The number of aliphatic carboxylic acids is 1. The maximum absolute atomic E-state index is 11.5. The smallest absolute Gasteiger partial charge is 0.303 e. The van der Waals surface area contributed by atoms with Crippen molar-refractivity contribution in [1.29, 1.82) is 0 Å². The molecule has 2 rings (SSSR count). The van der Waals surface area contributed by atoms with Gasteiger partial charge < -0.3 is 10.8 Å². The van der Waals surface area contributed by atoms with Crippen LogP contribution in [0.4, 0.5) is 5.69 Å².